The molecule has 2 saturated heterocycles. The van der Waals surface area contributed by atoms with Crippen molar-refractivity contribution < 1.29 is 4.74 Å². The van der Waals surface area contributed by atoms with Crippen LogP contribution in [0.1, 0.15) is 25.3 Å². The molecule has 0 amide bonds. The van der Waals surface area contributed by atoms with Crippen molar-refractivity contribution in [1.82, 2.24) is 5.32 Å². The van der Waals surface area contributed by atoms with E-state index in [1.54, 1.807) is 0 Å². The SMILES string of the molecule is CCNCc1cc(Cl)ccc1N1CC2CCC(C1)O2. The molecule has 2 heterocycles. The van der Waals surface area contributed by atoms with Crippen molar-refractivity contribution in [2.24, 2.45) is 0 Å². The largest absolute Gasteiger partial charge is 0.371 e. The third-order valence-corrected chi connectivity index (χ3v) is 4.23. The molecule has 3 rings (SSSR count). The van der Waals surface area contributed by atoms with E-state index in [1.807, 2.05) is 6.07 Å². The van der Waals surface area contributed by atoms with Crippen LogP contribution >= 0.6 is 11.6 Å². The second-order valence-corrected chi connectivity index (χ2v) is 5.85. The molecule has 0 radical (unpaired) electrons. The van der Waals surface area contributed by atoms with Gasteiger partial charge < -0.3 is 15.0 Å². The first-order valence-electron chi connectivity index (χ1n) is 7.16. The Morgan fingerprint density at radius 3 is 2.74 bits per heavy atom. The summed E-state index contributed by atoms with van der Waals surface area (Å²) < 4.78 is 5.91. The van der Waals surface area contributed by atoms with Crippen molar-refractivity contribution in [2.75, 3.05) is 24.5 Å². The molecule has 3 nitrogen and oxygen atoms in total. The molecule has 2 atom stereocenters. The lowest BCUT2D eigenvalue weighted by atomic mass is 10.1. The Labute approximate surface area is 119 Å². The predicted molar refractivity (Wildman–Crippen MR) is 78.9 cm³/mol. The first-order chi connectivity index (χ1) is 9.26. The van der Waals surface area contributed by atoms with Gasteiger partial charge in [-0.1, -0.05) is 18.5 Å². The van der Waals surface area contributed by atoms with Crippen LogP contribution in [0.25, 0.3) is 0 Å². The molecule has 0 saturated carbocycles. The summed E-state index contributed by atoms with van der Waals surface area (Å²) in [6, 6.07) is 6.22. The summed E-state index contributed by atoms with van der Waals surface area (Å²) in [5.74, 6) is 0. The molecule has 0 aliphatic carbocycles. The highest BCUT2D eigenvalue weighted by Gasteiger charge is 2.34. The highest BCUT2D eigenvalue weighted by molar-refractivity contribution is 6.30. The molecular formula is C15H21ClN2O. The standard InChI is InChI=1S/C15H21ClN2O/c1-2-17-8-11-7-12(16)3-6-15(11)18-9-13-4-5-14(10-18)19-13/h3,6-7,13-14,17H,2,4-5,8-10H2,1H3. The summed E-state index contributed by atoms with van der Waals surface area (Å²) >= 11 is 6.13. The van der Waals surface area contributed by atoms with Gasteiger partial charge in [-0.2, -0.15) is 0 Å². The summed E-state index contributed by atoms with van der Waals surface area (Å²) in [5.41, 5.74) is 2.60. The zero-order chi connectivity index (χ0) is 13.2. The minimum Gasteiger partial charge on any atom is -0.371 e. The van der Waals surface area contributed by atoms with Gasteiger partial charge in [-0.15, -0.1) is 0 Å². The second kappa shape index (κ2) is 5.70. The van der Waals surface area contributed by atoms with Gasteiger partial charge in [0.1, 0.15) is 0 Å². The van der Waals surface area contributed by atoms with Gasteiger partial charge in [-0.05, 0) is 43.1 Å². The maximum Gasteiger partial charge on any atom is 0.0755 e. The average Bonchev–Trinajstić information content (AvgIpc) is 2.75. The molecule has 2 fully saturated rings. The van der Waals surface area contributed by atoms with E-state index in [2.05, 4.69) is 29.3 Å². The fraction of sp³-hybridized carbons (Fsp3) is 0.600. The number of nitrogens with zero attached hydrogens (tertiary/aromatic N) is 1. The van der Waals surface area contributed by atoms with E-state index in [0.717, 1.165) is 31.2 Å². The fourth-order valence-electron chi connectivity index (χ4n) is 3.08. The molecule has 1 aromatic rings. The Kier molecular flexibility index (Phi) is 3.96. The molecule has 2 aliphatic heterocycles. The maximum atomic E-state index is 6.13. The monoisotopic (exact) mass is 280 g/mol. The lowest BCUT2D eigenvalue weighted by Crippen LogP contribution is -2.43. The summed E-state index contributed by atoms with van der Waals surface area (Å²) in [5, 5.41) is 4.21. The number of ether oxygens (including phenoxy) is 1. The van der Waals surface area contributed by atoms with E-state index < -0.39 is 0 Å². The van der Waals surface area contributed by atoms with E-state index in [4.69, 9.17) is 16.3 Å². The second-order valence-electron chi connectivity index (χ2n) is 5.42. The molecule has 4 heteroatoms. The maximum absolute atomic E-state index is 6.13. The molecule has 104 valence electrons. The number of nitrogens with one attached hydrogen (secondary N) is 1. The molecule has 0 aromatic heterocycles. The summed E-state index contributed by atoms with van der Waals surface area (Å²) in [7, 11) is 0. The molecule has 2 bridgehead atoms. The smallest absolute Gasteiger partial charge is 0.0755 e. The van der Waals surface area contributed by atoms with E-state index in [1.165, 1.54) is 24.1 Å². The Hall–Kier alpha value is -0.770. The third kappa shape index (κ3) is 2.88. The average molecular weight is 281 g/mol. The molecule has 2 unspecified atom stereocenters. The number of morpholine rings is 1. The minimum atomic E-state index is 0.418. The van der Waals surface area contributed by atoms with Gasteiger partial charge in [-0.3, -0.25) is 0 Å². The molecule has 1 aromatic carbocycles. The van der Waals surface area contributed by atoms with E-state index >= 15 is 0 Å². The topological polar surface area (TPSA) is 24.5 Å². The van der Waals surface area contributed by atoms with Crippen molar-refractivity contribution >= 4 is 17.3 Å². The van der Waals surface area contributed by atoms with Gasteiger partial charge in [0.25, 0.3) is 0 Å². The Balaban J connectivity index is 1.82. The van der Waals surface area contributed by atoms with Crippen LogP contribution in [-0.2, 0) is 11.3 Å². The summed E-state index contributed by atoms with van der Waals surface area (Å²) in [6.07, 6.45) is 3.25. The Morgan fingerprint density at radius 2 is 2.05 bits per heavy atom. The Bertz CT molecular complexity index is 440. The first-order valence-corrected chi connectivity index (χ1v) is 7.53. The number of hydrogen-bond acceptors (Lipinski definition) is 3. The van der Waals surface area contributed by atoms with Crippen LogP contribution in [0.5, 0.6) is 0 Å². The zero-order valence-corrected chi connectivity index (χ0v) is 12.1. The van der Waals surface area contributed by atoms with E-state index in [-0.39, 0.29) is 0 Å². The van der Waals surface area contributed by atoms with Crippen LogP contribution in [0.15, 0.2) is 18.2 Å². The van der Waals surface area contributed by atoms with Gasteiger partial charge in [0.2, 0.25) is 0 Å². The van der Waals surface area contributed by atoms with Crippen molar-refractivity contribution in [2.45, 2.75) is 38.5 Å². The van der Waals surface area contributed by atoms with Gasteiger partial charge in [-0.25, -0.2) is 0 Å². The van der Waals surface area contributed by atoms with Crippen molar-refractivity contribution in [3.05, 3.63) is 28.8 Å². The van der Waals surface area contributed by atoms with E-state index in [9.17, 15) is 0 Å². The number of rotatable bonds is 4. The Morgan fingerprint density at radius 1 is 1.32 bits per heavy atom. The minimum absolute atomic E-state index is 0.418. The highest BCUT2D eigenvalue weighted by Crippen LogP contribution is 2.32. The van der Waals surface area contributed by atoms with Gasteiger partial charge >= 0.3 is 0 Å². The van der Waals surface area contributed by atoms with Crippen molar-refractivity contribution in [1.29, 1.82) is 0 Å². The third-order valence-electron chi connectivity index (χ3n) is 3.99. The number of hydrogen-bond donors (Lipinski definition) is 1. The number of benzene rings is 1. The van der Waals surface area contributed by atoms with Crippen LogP contribution < -0.4 is 10.2 Å². The quantitative estimate of drug-likeness (QED) is 0.918. The number of halogens is 1. The summed E-state index contributed by atoms with van der Waals surface area (Å²) in [6.45, 7) is 5.99. The normalized spacial score (nSPS) is 25.9. The van der Waals surface area contributed by atoms with Crippen molar-refractivity contribution in [3.63, 3.8) is 0 Å². The van der Waals surface area contributed by atoms with Crippen LogP contribution in [0, 0.1) is 0 Å². The molecule has 19 heavy (non-hydrogen) atoms. The molecule has 0 spiro atoms. The van der Waals surface area contributed by atoms with E-state index in [0.29, 0.717) is 12.2 Å². The van der Waals surface area contributed by atoms with Gasteiger partial charge in [0.15, 0.2) is 0 Å². The number of fused-ring (bicyclic) bond motifs is 2. The van der Waals surface area contributed by atoms with Crippen LogP contribution in [0.2, 0.25) is 5.02 Å². The van der Waals surface area contributed by atoms with Crippen LogP contribution in [0.3, 0.4) is 0 Å². The lowest BCUT2D eigenvalue weighted by Gasteiger charge is -2.35. The molecule has 1 N–H and O–H groups in total. The van der Waals surface area contributed by atoms with Crippen molar-refractivity contribution in [3.8, 4) is 0 Å². The number of anilines is 1. The predicted octanol–water partition coefficient (Wildman–Crippen LogP) is 2.82. The summed E-state index contributed by atoms with van der Waals surface area (Å²) in [4.78, 5) is 2.47. The molecular weight excluding hydrogens is 260 g/mol. The zero-order valence-electron chi connectivity index (χ0n) is 11.4. The highest BCUT2D eigenvalue weighted by atomic mass is 35.5. The first kappa shape index (κ1) is 13.2. The fourth-order valence-corrected chi connectivity index (χ4v) is 3.27. The van der Waals surface area contributed by atoms with Gasteiger partial charge in [0.05, 0.1) is 12.2 Å². The molecule has 2 aliphatic rings. The van der Waals surface area contributed by atoms with Crippen LogP contribution in [0.4, 0.5) is 5.69 Å². The lowest BCUT2D eigenvalue weighted by molar-refractivity contribution is 0.0304. The van der Waals surface area contributed by atoms with Gasteiger partial charge in [0, 0.05) is 30.3 Å². The van der Waals surface area contributed by atoms with Crippen LogP contribution in [-0.4, -0.2) is 31.8 Å².